The average Bonchev–Trinajstić information content (AvgIpc) is 2.86. The third-order valence-electron chi connectivity index (χ3n) is 2.53. The van der Waals surface area contributed by atoms with Gasteiger partial charge in [-0.05, 0) is 26.0 Å². The van der Waals surface area contributed by atoms with Crippen molar-refractivity contribution in [3.05, 3.63) is 35.5 Å². The van der Waals surface area contributed by atoms with Crippen LogP contribution in [0.25, 0.3) is 10.7 Å². The fraction of sp³-hybridized carbons (Fsp3) is 0.308. The first kappa shape index (κ1) is 14.0. The summed E-state index contributed by atoms with van der Waals surface area (Å²) < 4.78 is -0.797. The molecule has 0 saturated heterocycles. The summed E-state index contributed by atoms with van der Waals surface area (Å²) in [7, 11) is 0. The van der Waals surface area contributed by atoms with E-state index in [9.17, 15) is 4.79 Å². The summed E-state index contributed by atoms with van der Waals surface area (Å²) in [6, 6.07) is 5.70. The number of carboxylic acids is 1. The van der Waals surface area contributed by atoms with Gasteiger partial charge >= 0.3 is 5.97 Å². The van der Waals surface area contributed by atoms with Crippen LogP contribution in [-0.4, -0.2) is 25.8 Å². The molecule has 0 aliphatic carbocycles. The Bertz CT molecular complexity index is 567. The molecule has 0 aliphatic heterocycles. The van der Waals surface area contributed by atoms with Gasteiger partial charge in [0, 0.05) is 17.3 Å². The number of rotatable bonds is 5. The van der Waals surface area contributed by atoms with Gasteiger partial charge in [-0.15, -0.1) is 23.1 Å². The fourth-order valence-corrected chi connectivity index (χ4v) is 2.98. The van der Waals surface area contributed by atoms with E-state index in [2.05, 4.69) is 9.97 Å². The number of thioether (sulfide) groups is 1. The molecule has 0 bridgehead atoms. The summed E-state index contributed by atoms with van der Waals surface area (Å²) in [5.41, 5.74) is 1.74. The number of thiazole rings is 1. The lowest BCUT2D eigenvalue weighted by atomic mass is 10.2. The second-order valence-corrected chi connectivity index (χ2v) is 6.92. The largest absolute Gasteiger partial charge is 0.480 e. The Balaban J connectivity index is 2.05. The number of aliphatic carboxylic acids is 1. The van der Waals surface area contributed by atoms with E-state index in [4.69, 9.17) is 5.11 Å². The minimum Gasteiger partial charge on any atom is -0.480 e. The highest BCUT2D eigenvalue weighted by Crippen LogP contribution is 2.30. The van der Waals surface area contributed by atoms with Crippen molar-refractivity contribution in [2.75, 3.05) is 0 Å². The Morgan fingerprint density at radius 1 is 1.47 bits per heavy atom. The van der Waals surface area contributed by atoms with E-state index >= 15 is 0 Å². The predicted octanol–water partition coefficient (Wildman–Crippen LogP) is 3.30. The van der Waals surface area contributed by atoms with E-state index in [0.29, 0.717) is 5.75 Å². The fourth-order valence-electron chi connectivity index (χ4n) is 1.30. The van der Waals surface area contributed by atoms with Gasteiger partial charge in [-0.2, -0.15) is 0 Å². The van der Waals surface area contributed by atoms with Crippen LogP contribution in [-0.2, 0) is 10.5 Å². The molecule has 19 heavy (non-hydrogen) atoms. The molecule has 0 amide bonds. The highest BCUT2D eigenvalue weighted by molar-refractivity contribution is 8.00. The Kier molecular flexibility index (Phi) is 4.21. The molecule has 2 aromatic heterocycles. The molecule has 4 nitrogen and oxygen atoms in total. The maximum Gasteiger partial charge on any atom is 0.319 e. The smallest absolute Gasteiger partial charge is 0.319 e. The zero-order valence-corrected chi connectivity index (χ0v) is 12.3. The van der Waals surface area contributed by atoms with Crippen molar-refractivity contribution in [1.82, 2.24) is 9.97 Å². The topological polar surface area (TPSA) is 63.1 Å². The molecule has 100 valence electrons. The highest BCUT2D eigenvalue weighted by atomic mass is 32.2. The van der Waals surface area contributed by atoms with Gasteiger partial charge < -0.3 is 5.11 Å². The molecule has 0 unspecified atom stereocenters. The van der Waals surface area contributed by atoms with Crippen molar-refractivity contribution < 1.29 is 9.90 Å². The second kappa shape index (κ2) is 5.71. The van der Waals surface area contributed by atoms with Crippen LogP contribution in [0, 0.1) is 0 Å². The molecule has 0 aliphatic rings. The lowest BCUT2D eigenvalue weighted by Gasteiger charge is -2.17. The SMILES string of the molecule is CC(C)(SCc1csc(-c2ccccn2)n1)C(=O)O. The maximum absolute atomic E-state index is 11.0. The number of hydrogen-bond donors (Lipinski definition) is 1. The van der Waals surface area contributed by atoms with Gasteiger partial charge in [-0.3, -0.25) is 9.78 Å². The summed E-state index contributed by atoms with van der Waals surface area (Å²) in [4.78, 5) is 19.8. The first-order valence-corrected chi connectivity index (χ1v) is 7.59. The van der Waals surface area contributed by atoms with Crippen molar-refractivity contribution in [1.29, 1.82) is 0 Å². The molecule has 0 atom stereocenters. The first-order valence-electron chi connectivity index (χ1n) is 5.72. The van der Waals surface area contributed by atoms with E-state index in [-0.39, 0.29) is 0 Å². The Hall–Kier alpha value is -1.40. The highest BCUT2D eigenvalue weighted by Gasteiger charge is 2.27. The Labute approximate surface area is 119 Å². The molecule has 2 rings (SSSR count). The van der Waals surface area contributed by atoms with Crippen LogP contribution in [0.4, 0.5) is 0 Å². The molecular formula is C13H14N2O2S2. The van der Waals surface area contributed by atoms with Gasteiger partial charge in [0.15, 0.2) is 0 Å². The van der Waals surface area contributed by atoms with Crippen molar-refractivity contribution in [2.45, 2.75) is 24.3 Å². The van der Waals surface area contributed by atoms with Crippen LogP contribution in [0.2, 0.25) is 0 Å². The molecular weight excluding hydrogens is 280 g/mol. The minimum atomic E-state index is -0.808. The quantitative estimate of drug-likeness (QED) is 0.916. The van der Waals surface area contributed by atoms with E-state index in [1.807, 2.05) is 23.6 Å². The molecule has 0 radical (unpaired) electrons. The Morgan fingerprint density at radius 2 is 2.26 bits per heavy atom. The van der Waals surface area contributed by atoms with Crippen molar-refractivity contribution in [3.8, 4) is 10.7 Å². The number of carboxylic acid groups (broad SMARTS) is 1. The standard InChI is InChI=1S/C13H14N2O2S2/c1-13(2,12(16)17)19-8-9-7-18-11(15-9)10-5-3-4-6-14-10/h3-7H,8H2,1-2H3,(H,16,17). The van der Waals surface area contributed by atoms with Gasteiger partial charge in [-0.1, -0.05) is 6.07 Å². The molecule has 2 heterocycles. The third kappa shape index (κ3) is 3.54. The predicted molar refractivity (Wildman–Crippen MR) is 78.4 cm³/mol. The number of hydrogen-bond acceptors (Lipinski definition) is 5. The van der Waals surface area contributed by atoms with Crippen molar-refractivity contribution in [3.63, 3.8) is 0 Å². The number of carbonyl (C=O) groups is 1. The first-order chi connectivity index (χ1) is 8.99. The van der Waals surface area contributed by atoms with Crippen LogP contribution in [0.15, 0.2) is 29.8 Å². The average molecular weight is 294 g/mol. The van der Waals surface area contributed by atoms with Crippen molar-refractivity contribution in [2.24, 2.45) is 0 Å². The molecule has 6 heteroatoms. The molecule has 0 aromatic carbocycles. The number of nitrogens with zero attached hydrogens (tertiary/aromatic N) is 2. The van der Waals surface area contributed by atoms with Gasteiger partial charge in [0.05, 0.1) is 11.4 Å². The summed E-state index contributed by atoms with van der Waals surface area (Å²) in [6.45, 7) is 3.40. The van der Waals surface area contributed by atoms with E-state index in [0.717, 1.165) is 16.4 Å². The van der Waals surface area contributed by atoms with Gasteiger partial charge in [0.2, 0.25) is 0 Å². The monoisotopic (exact) mass is 294 g/mol. The van der Waals surface area contributed by atoms with Crippen LogP contribution >= 0.6 is 23.1 Å². The number of pyridine rings is 1. The van der Waals surface area contributed by atoms with E-state index in [1.54, 1.807) is 20.0 Å². The van der Waals surface area contributed by atoms with Gasteiger partial charge in [0.25, 0.3) is 0 Å². The molecule has 0 fully saturated rings. The van der Waals surface area contributed by atoms with Crippen LogP contribution < -0.4 is 0 Å². The van der Waals surface area contributed by atoms with E-state index < -0.39 is 10.7 Å². The zero-order valence-electron chi connectivity index (χ0n) is 10.7. The molecule has 1 N–H and O–H groups in total. The lowest BCUT2D eigenvalue weighted by molar-refractivity contribution is -0.138. The summed E-state index contributed by atoms with van der Waals surface area (Å²) >= 11 is 2.90. The molecule has 0 saturated carbocycles. The van der Waals surface area contributed by atoms with E-state index in [1.165, 1.54) is 23.1 Å². The summed E-state index contributed by atoms with van der Waals surface area (Å²) in [6.07, 6.45) is 1.73. The van der Waals surface area contributed by atoms with Gasteiger partial charge in [0.1, 0.15) is 9.75 Å². The normalized spacial score (nSPS) is 11.5. The van der Waals surface area contributed by atoms with Crippen LogP contribution in [0.1, 0.15) is 19.5 Å². The van der Waals surface area contributed by atoms with Crippen LogP contribution in [0.3, 0.4) is 0 Å². The molecule has 2 aromatic rings. The lowest BCUT2D eigenvalue weighted by Crippen LogP contribution is -2.27. The Morgan fingerprint density at radius 3 is 2.89 bits per heavy atom. The number of aromatic nitrogens is 2. The maximum atomic E-state index is 11.0. The second-order valence-electron chi connectivity index (χ2n) is 4.46. The minimum absolute atomic E-state index is 0.586. The summed E-state index contributed by atoms with van der Waals surface area (Å²) in [5, 5.41) is 11.9. The van der Waals surface area contributed by atoms with Crippen LogP contribution in [0.5, 0.6) is 0 Å². The third-order valence-corrected chi connectivity index (χ3v) is 4.78. The zero-order chi connectivity index (χ0) is 13.9. The summed E-state index contributed by atoms with van der Waals surface area (Å²) in [5.74, 6) is -0.222. The van der Waals surface area contributed by atoms with Crippen molar-refractivity contribution >= 4 is 29.1 Å². The molecule has 0 spiro atoms. The van der Waals surface area contributed by atoms with Gasteiger partial charge in [-0.25, -0.2) is 4.98 Å².